The van der Waals surface area contributed by atoms with Gasteiger partial charge < -0.3 is 4.52 Å². The second-order valence-corrected chi connectivity index (χ2v) is 9.19. The molecule has 0 saturated carbocycles. The second kappa shape index (κ2) is 7.44. The van der Waals surface area contributed by atoms with E-state index in [9.17, 15) is 12.8 Å². The molecule has 0 radical (unpaired) electrons. The summed E-state index contributed by atoms with van der Waals surface area (Å²) in [5.41, 5.74) is 0.135. The molecule has 142 valence electrons. The number of sulfonamides is 1. The number of rotatable bonds is 6. The Balaban J connectivity index is 1.81. The Morgan fingerprint density at radius 1 is 1.31 bits per heavy atom. The second-order valence-electron chi connectivity index (χ2n) is 7.10. The van der Waals surface area contributed by atoms with E-state index < -0.39 is 15.4 Å². The first-order chi connectivity index (χ1) is 12.3. The van der Waals surface area contributed by atoms with Gasteiger partial charge in [-0.05, 0) is 43.5 Å². The van der Waals surface area contributed by atoms with Crippen molar-refractivity contribution < 1.29 is 17.3 Å². The van der Waals surface area contributed by atoms with Crippen LogP contribution in [0.5, 0.6) is 0 Å². The van der Waals surface area contributed by atoms with Gasteiger partial charge in [-0.15, -0.1) is 0 Å². The third-order valence-corrected chi connectivity index (χ3v) is 6.77. The van der Waals surface area contributed by atoms with Crippen molar-refractivity contribution in [1.82, 2.24) is 14.4 Å². The summed E-state index contributed by atoms with van der Waals surface area (Å²) in [5.74, 6) is 0.646. The van der Waals surface area contributed by atoms with E-state index in [0.717, 1.165) is 19.3 Å². The normalized spacial score (nSPS) is 21.8. The van der Waals surface area contributed by atoms with Crippen molar-refractivity contribution in [2.24, 2.45) is 0 Å². The molecule has 1 unspecified atom stereocenters. The van der Waals surface area contributed by atoms with Crippen LogP contribution in [0.25, 0.3) is 11.5 Å². The van der Waals surface area contributed by atoms with E-state index in [1.54, 1.807) is 16.4 Å². The molecule has 3 rings (SSSR count). The topological polar surface area (TPSA) is 76.3 Å². The summed E-state index contributed by atoms with van der Waals surface area (Å²) in [7, 11) is -3.27. The van der Waals surface area contributed by atoms with E-state index in [4.69, 9.17) is 4.52 Å². The Morgan fingerprint density at radius 2 is 2.04 bits per heavy atom. The van der Waals surface area contributed by atoms with Crippen molar-refractivity contribution in [3.63, 3.8) is 0 Å². The van der Waals surface area contributed by atoms with Crippen LogP contribution in [0.15, 0.2) is 28.8 Å². The summed E-state index contributed by atoms with van der Waals surface area (Å²) in [6.45, 7) is 4.83. The molecular weight excluding hydrogens is 357 g/mol. The molecule has 0 bridgehead atoms. The zero-order valence-electron chi connectivity index (χ0n) is 15.1. The largest absolute Gasteiger partial charge is 0.334 e. The smallest absolute Gasteiger partial charge is 0.257 e. The van der Waals surface area contributed by atoms with Crippen LogP contribution in [0.1, 0.15) is 45.4 Å². The lowest BCUT2D eigenvalue weighted by Crippen LogP contribution is -2.48. The summed E-state index contributed by atoms with van der Waals surface area (Å²) in [5, 5.41) is 4.09. The molecule has 1 atom stereocenters. The van der Waals surface area contributed by atoms with Crippen molar-refractivity contribution in [1.29, 1.82) is 0 Å². The first-order valence-corrected chi connectivity index (χ1v) is 10.5. The van der Waals surface area contributed by atoms with Gasteiger partial charge in [0.2, 0.25) is 10.0 Å². The van der Waals surface area contributed by atoms with Crippen molar-refractivity contribution >= 4 is 10.0 Å². The monoisotopic (exact) mass is 381 g/mol. The predicted molar refractivity (Wildman–Crippen MR) is 96.5 cm³/mol. The molecule has 26 heavy (non-hydrogen) atoms. The number of benzene rings is 1. The van der Waals surface area contributed by atoms with Crippen LogP contribution in [0.2, 0.25) is 0 Å². The molecular formula is C18H24FN3O3S. The van der Waals surface area contributed by atoms with E-state index in [2.05, 4.69) is 10.1 Å². The Bertz CT molecular complexity index is 851. The highest BCUT2D eigenvalue weighted by molar-refractivity contribution is 7.89. The molecule has 0 N–H and O–H groups in total. The molecule has 0 amide bonds. The molecule has 1 aromatic heterocycles. The SMILES string of the molecule is CCCCS(=O)(=O)N1CCCC(C)(c2noc(-c3ccc(F)cc3)n2)C1. The molecule has 2 aromatic rings. The van der Waals surface area contributed by atoms with Crippen LogP contribution in [-0.2, 0) is 15.4 Å². The Hall–Kier alpha value is -1.80. The minimum absolute atomic E-state index is 0.173. The quantitative estimate of drug-likeness (QED) is 0.767. The standard InChI is InChI=1S/C18H24FN3O3S/c1-3-4-12-26(23,24)22-11-5-10-18(2,13-22)17-20-16(25-21-17)14-6-8-15(19)9-7-14/h6-9H,3-5,10-13H2,1-2H3. The Kier molecular flexibility index (Phi) is 5.43. The van der Waals surface area contributed by atoms with Gasteiger partial charge in [0.25, 0.3) is 5.89 Å². The van der Waals surface area contributed by atoms with Gasteiger partial charge in [0, 0.05) is 24.1 Å². The fourth-order valence-electron chi connectivity index (χ4n) is 3.25. The third kappa shape index (κ3) is 3.96. The van der Waals surface area contributed by atoms with Gasteiger partial charge in [0.15, 0.2) is 5.82 Å². The van der Waals surface area contributed by atoms with Crippen LogP contribution in [0.3, 0.4) is 0 Å². The molecule has 1 fully saturated rings. The van der Waals surface area contributed by atoms with Crippen molar-refractivity contribution in [3.05, 3.63) is 35.9 Å². The average Bonchev–Trinajstić information content (AvgIpc) is 3.12. The number of halogens is 1. The zero-order valence-corrected chi connectivity index (χ0v) is 15.9. The lowest BCUT2D eigenvalue weighted by atomic mass is 9.82. The molecule has 8 heteroatoms. The zero-order chi connectivity index (χ0) is 18.8. The number of piperidine rings is 1. The number of hydrogen-bond donors (Lipinski definition) is 0. The predicted octanol–water partition coefficient (Wildman–Crippen LogP) is 3.36. The summed E-state index contributed by atoms with van der Waals surface area (Å²) in [6.07, 6.45) is 3.04. The molecule has 6 nitrogen and oxygen atoms in total. The Morgan fingerprint density at radius 3 is 2.73 bits per heavy atom. The molecule has 1 aliphatic heterocycles. The van der Waals surface area contributed by atoms with E-state index in [0.29, 0.717) is 36.8 Å². The summed E-state index contributed by atoms with van der Waals surface area (Å²) >= 11 is 0. The van der Waals surface area contributed by atoms with Crippen LogP contribution in [-0.4, -0.2) is 41.7 Å². The summed E-state index contributed by atoms with van der Waals surface area (Å²) < 4.78 is 45.1. The third-order valence-electron chi connectivity index (χ3n) is 4.87. The highest BCUT2D eigenvalue weighted by Crippen LogP contribution is 2.34. The van der Waals surface area contributed by atoms with Crippen LogP contribution < -0.4 is 0 Å². The van der Waals surface area contributed by atoms with Crippen molar-refractivity contribution in [3.8, 4) is 11.5 Å². The molecule has 1 aromatic carbocycles. The molecule has 0 aliphatic carbocycles. The van der Waals surface area contributed by atoms with Crippen molar-refractivity contribution in [2.75, 3.05) is 18.8 Å². The maximum Gasteiger partial charge on any atom is 0.257 e. The number of unbranched alkanes of at least 4 members (excludes halogenated alkanes) is 1. The molecule has 0 spiro atoms. The van der Waals surface area contributed by atoms with E-state index in [1.807, 2.05) is 13.8 Å². The Labute approximate surface area is 153 Å². The molecule has 2 heterocycles. The summed E-state index contributed by atoms with van der Waals surface area (Å²) in [4.78, 5) is 4.46. The first-order valence-electron chi connectivity index (χ1n) is 8.92. The maximum atomic E-state index is 13.1. The van der Waals surface area contributed by atoms with Gasteiger partial charge in [-0.3, -0.25) is 0 Å². The minimum Gasteiger partial charge on any atom is -0.334 e. The van der Waals surface area contributed by atoms with Crippen LogP contribution in [0, 0.1) is 5.82 Å². The van der Waals surface area contributed by atoms with Crippen LogP contribution in [0.4, 0.5) is 4.39 Å². The van der Waals surface area contributed by atoms with E-state index >= 15 is 0 Å². The van der Waals surface area contributed by atoms with Gasteiger partial charge >= 0.3 is 0 Å². The lowest BCUT2D eigenvalue weighted by Gasteiger charge is -2.37. The molecule has 1 aliphatic rings. The van der Waals surface area contributed by atoms with Gasteiger partial charge in [-0.25, -0.2) is 17.1 Å². The van der Waals surface area contributed by atoms with Gasteiger partial charge in [-0.2, -0.15) is 4.98 Å². The summed E-state index contributed by atoms with van der Waals surface area (Å²) in [6, 6.07) is 5.84. The van der Waals surface area contributed by atoms with Gasteiger partial charge in [-0.1, -0.05) is 25.4 Å². The number of aromatic nitrogens is 2. The highest BCUT2D eigenvalue weighted by atomic mass is 32.2. The van der Waals surface area contributed by atoms with Crippen LogP contribution >= 0.6 is 0 Å². The molecule has 1 saturated heterocycles. The van der Waals surface area contributed by atoms with Crippen molar-refractivity contribution in [2.45, 2.75) is 44.9 Å². The fraction of sp³-hybridized carbons (Fsp3) is 0.556. The fourth-order valence-corrected chi connectivity index (χ4v) is 5.05. The number of nitrogens with zero attached hydrogens (tertiary/aromatic N) is 3. The van der Waals surface area contributed by atoms with Gasteiger partial charge in [0.05, 0.1) is 5.75 Å². The highest BCUT2D eigenvalue weighted by Gasteiger charge is 2.40. The van der Waals surface area contributed by atoms with E-state index in [-0.39, 0.29) is 11.6 Å². The first kappa shape index (κ1) is 19.0. The van der Waals surface area contributed by atoms with E-state index in [1.165, 1.54) is 12.1 Å². The average molecular weight is 381 g/mol. The maximum absolute atomic E-state index is 13.1. The lowest BCUT2D eigenvalue weighted by molar-refractivity contribution is 0.226. The minimum atomic E-state index is -3.27. The number of hydrogen-bond acceptors (Lipinski definition) is 5. The van der Waals surface area contributed by atoms with Gasteiger partial charge in [0.1, 0.15) is 5.82 Å².